The molecule has 1 atom stereocenters. The Morgan fingerprint density at radius 3 is 2.95 bits per heavy atom. The first-order chi connectivity index (χ1) is 9.26. The molecule has 0 amide bonds. The van der Waals surface area contributed by atoms with E-state index < -0.39 is 0 Å². The molecule has 3 nitrogen and oxygen atoms in total. The summed E-state index contributed by atoms with van der Waals surface area (Å²) in [6.45, 7) is 2.54. The van der Waals surface area contributed by atoms with Crippen molar-refractivity contribution >= 4 is 11.3 Å². The van der Waals surface area contributed by atoms with E-state index in [4.69, 9.17) is 4.74 Å². The minimum Gasteiger partial charge on any atom is -0.494 e. The number of aromatic nitrogens is 1. The van der Waals surface area contributed by atoms with Crippen LogP contribution in [-0.2, 0) is 6.54 Å². The molecular formula is C14H17FN2OS. The van der Waals surface area contributed by atoms with Crippen molar-refractivity contribution in [2.24, 2.45) is 0 Å². The van der Waals surface area contributed by atoms with Gasteiger partial charge in [-0.05, 0) is 12.5 Å². The Morgan fingerprint density at radius 1 is 1.47 bits per heavy atom. The third-order valence-corrected chi connectivity index (χ3v) is 3.85. The maximum atomic E-state index is 14.0. The second-order valence-corrected chi connectivity index (χ2v) is 5.07. The number of hydrogen-bond acceptors (Lipinski definition) is 4. The Hall–Kier alpha value is -1.46. The zero-order valence-corrected chi connectivity index (χ0v) is 11.8. The van der Waals surface area contributed by atoms with Gasteiger partial charge < -0.3 is 10.1 Å². The number of ether oxygens (including phenoxy) is 1. The van der Waals surface area contributed by atoms with Crippen LogP contribution in [0.2, 0.25) is 0 Å². The molecule has 2 rings (SSSR count). The lowest BCUT2D eigenvalue weighted by Crippen LogP contribution is -2.20. The van der Waals surface area contributed by atoms with Crippen molar-refractivity contribution in [1.29, 1.82) is 0 Å². The predicted molar refractivity (Wildman–Crippen MR) is 74.9 cm³/mol. The fourth-order valence-electron chi connectivity index (χ4n) is 1.90. The summed E-state index contributed by atoms with van der Waals surface area (Å²) in [5.41, 5.74) is 0.606. The lowest BCUT2D eigenvalue weighted by atomic mass is 10.1. The van der Waals surface area contributed by atoms with Crippen LogP contribution in [-0.4, -0.2) is 12.1 Å². The summed E-state index contributed by atoms with van der Waals surface area (Å²) in [5.74, 6) is -0.0203. The molecular weight excluding hydrogens is 263 g/mol. The van der Waals surface area contributed by atoms with Gasteiger partial charge in [0.15, 0.2) is 11.6 Å². The molecule has 1 heterocycles. The molecule has 1 unspecified atom stereocenters. The molecule has 0 spiro atoms. The van der Waals surface area contributed by atoms with Crippen molar-refractivity contribution in [2.45, 2.75) is 25.9 Å². The molecule has 1 N–H and O–H groups in total. The molecule has 102 valence electrons. The highest BCUT2D eigenvalue weighted by molar-refractivity contribution is 7.09. The van der Waals surface area contributed by atoms with E-state index in [1.165, 1.54) is 7.11 Å². The van der Waals surface area contributed by atoms with E-state index in [9.17, 15) is 4.39 Å². The van der Waals surface area contributed by atoms with Gasteiger partial charge in [0.1, 0.15) is 5.01 Å². The maximum absolute atomic E-state index is 14.0. The second-order valence-electron chi connectivity index (χ2n) is 4.15. The smallest absolute Gasteiger partial charge is 0.169 e. The van der Waals surface area contributed by atoms with Crippen LogP contribution in [0, 0.1) is 5.82 Å². The molecule has 1 aromatic carbocycles. The Kier molecular flexibility index (Phi) is 4.87. The van der Waals surface area contributed by atoms with Crippen LogP contribution in [0.3, 0.4) is 0 Å². The van der Waals surface area contributed by atoms with Gasteiger partial charge in [-0.15, -0.1) is 11.3 Å². The molecule has 19 heavy (non-hydrogen) atoms. The number of nitrogens with one attached hydrogen (secondary N) is 1. The lowest BCUT2D eigenvalue weighted by Gasteiger charge is -2.15. The van der Waals surface area contributed by atoms with E-state index in [1.54, 1.807) is 35.7 Å². The van der Waals surface area contributed by atoms with Gasteiger partial charge >= 0.3 is 0 Å². The van der Waals surface area contributed by atoms with Crippen LogP contribution in [0.5, 0.6) is 5.75 Å². The summed E-state index contributed by atoms with van der Waals surface area (Å²) >= 11 is 1.61. The fourth-order valence-corrected chi connectivity index (χ4v) is 2.69. The first kappa shape index (κ1) is 14.0. The molecule has 0 aliphatic rings. The van der Waals surface area contributed by atoms with Gasteiger partial charge in [0.2, 0.25) is 0 Å². The Bertz CT molecular complexity index is 516. The molecule has 0 fully saturated rings. The zero-order valence-electron chi connectivity index (χ0n) is 11.0. The monoisotopic (exact) mass is 280 g/mol. The normalized spacial score (nSPS) is 12.4. The number of nitrogens with zero attached hydrogens (tertiary/aromatic N) is 1. The Labute approximate surface area is 116 Å². The average Bonchev–Trinajstić information content (AvgIpc) is 2.95. The number of methoxy groups -OCH3 is 1. The average molecular weight is 280 g/mol. The molecule has 2 aromatic rings. The third-order valence-electron chi connectivity index (χ3n) is 2.96. The minimum absolute atomic E-state index is 0.158. The standard InChI is InChI=1S/C14H17FN2OS/c1-3-11(14-16-7-8-19-14)17-9-10-5-4-6-12(18-2)13(10)15/h4-8,11,17H,3,9H2,1-2H3. The van der Waals surface area contributed by atoms with Crippen LogP contribution in [0.25, 0.3) is 0 Å². The Balaban J connectivity index is 2.06. The van der Waals surface area contributed by atoms with Gasteiger partial charge in [-0.25, -0.2) is 9.37 Å². The van der Waals surface area contributed by atoms with Crippen molar-refractivity contribution in [3.8, 4) is 5.75 Å². The number of benzene rings is 1. The lowest BCUT2D eigenvalue weighted by molar-refractivity contribution is 0.382. The van der Waals surface area contributed by atoms with Crippen LogP contribution in [0.4, 0.5) is 4.39 Å². The molecule has 0 saturated carbocycles. The summed E-state index contributed by atoms with van der Waals surface area (Å²) in [6, 6.07) is 5.34. The van der Waals surface area contributed by atoms with Gasteiger partial charge in [-0.1, -0.05) is 19.1 Å². The molecule has 0 radical (unpaired) electrons. The van der Waals surface area contributed by atoms with E-state index in [-0.39, 0.29) is 17.6 Å². The fraction of sp³-hybridized carbons (Fsp3) is 0.357. The highest BCUT2D eigenvalue weighted by Crippen LogP contribution is 2.22. The molecule has 0 saturated heterocycles. The summed E-state index contributed by atoms with van der Waals surface area (Å²) in [5, 5.41) is 6.32. The summed E-state index contributed by atoms with van der Waals surface area (Å²) in [7, 11) is 1.47. The molecule has 0 bridgehead atoms. The van der Waals surface area contributed by atoms with Gasteiger partial charge in [-0.2, -0.15) is 0 Å². The van der Waals surface area contributed by atoms with Gasteiger partial charge in [0.25, 0.3) is 0 Å². The number of halogens is 1. The third kappa shape index (κ3) is 3.30. The van der Waals surface area contributed by atoms with E-state index in [0.29, 0.717) is 12.1 Å². The molecule has 1 aromatic heterocycles. The number of rotatable bonds is 6. The molecule has 5 heteroatoms. The van der Waals surface area contributed by atoms with Crippen LogP contribution >= 0.6 is 11.3 Å². The van der Waals surface area contributed by atoms with E-state index in [1.807, 2.05) is 5.38 Å². The second kappa shape index (κ2) is 6.63. The van der Waals surface area contributed by atoms with Crippen molar-refractivity contribution in [3.05, 3.63) is 46.2 Å². The summed E-state index contributed by atoms with van der Waals surface area (Å²) in [6.07, 6.45) is 2.70. The van der Waals surface area contributed by atoms with Crippen molar-refractivity contribution in [3.63, 3.8) is 0 Å². The van der Waals surface area contributed by atoms with Gasteiger partial charge in [0, 0.05) is 23.7 Å². The SMILES string of the molecule is CCC(NCc1cccc(OC)c1F)c1nccs1. The number of hydrogen-bond donors (Lipinski definition) is 1. The van der Waals surface area contributed by atoms with Crippen molar-refractivity contribution in [2.75, 3.05) is 7.11 Å². The van der Waals surface area contributed by atoms with E-state index in [0.717, 1.165) is 11.4 Å². The van der Waals surface area contributed by atoms with Crippen molar-refractivity contribution < 1.29 is 9.13 Å². The molecule has 0 aliphatic heterocycles. The van der Waals surface area contributed by atoms with E-state index >= 15 is 0 Å². The number of thiazole rings is 1. The summed E-state index contributed by atoms with van der Waals surface area (Å²) in [4.78, 5) is 4.29. The van der Waals surface area contributed by atoms with Crippen LogP contribution in [0.15, 0.2) is 29.8 Å². The zero-order chi connectivity index (χ0) is 13.7. The first-order valence-corrected chi connectivity index (χ1v) is 7.08. The Morgan fingerprint density at radius 2 is 2.32 bits per heavy atom. The van der Waals surface area contributed by atoms with Crippen LogP contribution in [0.1, 0.15) is 30.0 Å². The molecule has 0 aliphatic carbocycles. The summed E-state index contributed by atoms with van der Waals surface area (Å²) < 4.78 is 19.0. The highest BCUT2D eigenvalue weighted by Gasteiger charge is 2.13. The van der Waals surface area contributed by atoms with E-state index in [2.05, 4.69) is 17.2 Å². The van der Waals surface area contributed by atoms with Gasteiger partial charge in [-0.3, -0.25) is 0 Å². The predicted octanol–water partition coefficient (Wildman–Crippen LogP) is 3.53. The van der Waals surface area contributed by atoms with Gasteiger partial charge in [0.05, 0.1) is 13.2 Å². The minimum atomic E-state index is -0.300. The largest absolute Gasteiger partial charge is 0.494 e. The quantitative estimate of drug-likeness (QED) is 0.879. The topological polar surface area (TPSA) is 34.1 Å². The highest BCUT2D eigenvalue weighted by atomic mass is 32.1. The van der Waals surface area contributed by atoms with Crippen molar-refractivity contribution in [1.82, 2.24) is 10.3 Å². The van der Waals surface area contributed by atoms with Crippen LogP contribution < -0.4 is 10.1 Å². The maximum Gasteiger partial charge on any atom is 0.169 e. The first-order valence-electron chi connectivity index (χ1n) is 6.20.